The molecule has 3 aromatic heterocycles. The van der Waals surface area contributed by atoms with Gasteiger partial charge in [-0.2, -0.15) is 10.2 Å². The number of rotatable bonds is 4. The third-order valence-corrected chi connectivity index (χ3v) is 4.97. The minimum Gasteiger partial charge on any atom is -0.454 e. The monoisotopic (exact) mass is 415 g/mol. The van der Waals surface area contributed by atoms with E-state index in [1.54, 1.807) is 6.20 Å². The molecule has 0 amide bonds. The van der Waals surface area contributed by atoms with E-state index in [1.807, 2.05) is 58.4 Å². The van der Waals surface area contributed by atoms with Crippen molar-refractivity contribution in [1.82, 2.24) is 24.5 Å². The lowest BCUT2D eigenvalue weighted by molar-refractivity contribution is 0.353. The zero-order valence-electron chi connectivity index (χ0n) is 19.0. The molecule has 4 rings (SSSR count). The molecule has 0 aliphatic heterocycles. The summed E-state index contributed by atoms with van der Waals surface area (Å²) >= 11 is 0. The average molecular weight is 416 g/mol. The van der Waals surface area contributed by atoms with Crippen molar-refractivity contribution < 1.29 is 4.74 Å². The molecular formula is C25H29N5O. The minimum absolute atomic E-state index is 0.0671. The molecule has 0 saturated carbocycles. The number of ether oxygens (including phenoxy) is 1. The van der Waals surface area contributed by atoms with Crippen molar-refractivity contribution in [3.8, 4) is 33.9 Å². The second-order valence-electron chi connectivity index (χ2n) is 9.70. The first kappa shape index (κ1) is 20.8. The van der Waals surface area contributed by atoms with Gasteiger partial charge < -0.3 is 4.74 Å². The molecule has 0 saturated heterocycles. The molecule has 6 nitrogen and oxygen atoms in total. The number of nitrogens with zero attached hydrogens (tertiary/aromatic N) is 5. The van der Waals surface area contributed by atoms with Crippen LogP contribution in [0.5, 0.6) is 11.5 Å². The molecule has 160 valence electrons. The van der Waals surface area contributed by atoms with Crippen molar-refractivity contribution in [1.29, 1.82) is 0 Å². The molecule has 4 aromatic rings. The normalized spacial score (nSPS) is 12.2. The second-order valence-corrected chi connectivity index (χ2v) is 9.70. The average Bonchev–Trinajstić information content (AvgIpc) is 3.38. The zero-order chi connectivity index (χ0) is 22.2. The van der Waals surface area contributed by atoms with Crippen LogP contribution in [0.1, 0.15) is 41.5 Å². The Morgan fingerprint density at radius 2 is 1.39 bits per heavy atom. The summed E-state index contributed by atoms with van der Waals surface area (Å²) in [7, 11) is 0. The third-order valence-electron chi connectivity index (χ3n) is 4.97. The summed E-state index contributed by atoms with van der Waals surface area (Å²) in [6.45, 7) is 12.7. The molecule has 1 aromatic carbocycles. The Balaban J connectivity index is 1.59. The van der Waals surface area contributed by atoms with Gasteiger partial charge in [0.1, 0.15) is 5.75 Å². The molecule has 0 spiro atoms. The smallest absolute Gasteiger partial charge is 0.165 e. The number of benzene rings is 1. The van der Waals surface area contributed by atoms with Crippen LogP contribution in [0.25, 0.3) is 22.4 Å². The van der Waals surface area contributed by atoms with Gasteiger partial charge in [0.05, 0.1) is 35.4 Å². The van der Waals surface area contributed by atoms with E-state index in [4.69, 9.17) is 4.74 Å². The van der Waals surface area contributed by atoms with Gasteiger partial charge in [0.15, 0.2) is 5.75 Å². The molecule has 0 bridgehead atoms. The summed E-state index contributed by atoms with van der Waals surface area (Å²) in [5.74, 6) is 1.49. The quantitative estimate of drug-likeness (QED) is 0.403. The van der Waals surface area contributed by atoms with Gasteiger partial charge in [-0.1, -0.05) is 12.1 Å². The van der Waals surface area contributed by atoms with Crippen molar-refractivity contribution in [2.75, 3.05) is 0 Å². The van der Waals surface area contributed by atoms with Crippen molar-refractivity contribution >= 4 is 0 Å². The molecule has 0 radical (unpaired) electrons. The van der Waals surface area contributed by atoms with Crippen molar-refractivity contribution in [2.24, 2.45) is 0 Å². The fourth-order valence-corrected chi connectivity index (χ4v) is 3.19. The molecule has 0 fully saturated rings. The predicted molar refractivity (Wildman–Crippen MR) is 123 cm³/mol. The predicted octanol–water partition coefficient (Wildman–Crippen LogP) is 6.11. The lowest BCUT2D eigenvalue weighted by atomic mass is 10.0. The maximum absolute atomic E-state index is 6.06. The highest BCUT2D eigenvalue weighted by Gasteiger charge is 2.16. The Morgan fingerprint density at radius 3 is 2.06 bits per heavy atom. The summed E-state index contributed by atoms with van der Waals surface area (Å²) in [6, 6.07) is 12.1. The lowest BCUT2D eigenvalue weighted by Crippen LogP contribution is -2.21. The largest absolute Gasteiger partial charge is 0.454 e. The Kier molecular flexibility index (Phi) is 5.17. The maximum atomic E-state index is 6.06. The van der Waals surface area contributed by atoms with E-state index in [2.05, 4.69) is 68.9 Å². The SMILES string of the molecule is CC(C)(C)n1cc(Oc2cccc(-c3ccnc(-c4cnn(C(C)(C)C)c4)c3)c2)cn1. The summed E-state index contributed by atoms with van der Waals surface area (Å²) < 4.78 is 9.92. The molecule has 6 heteroatoms. The first-order chi connectivity index (χ1) is 14.6. The maximum Gasteiger partial charge on any atom is 0.165 e. The topological polar surface area (TPSA) is 57.8 Å². The van der Waals surface area contributed by atoms with Crippen LogP contribution in [0.2, 0.25) is 0 Å². The van der Waals surface area contributed by atoms with Crippen LogP contribution in [-0.2, 0) is 11.1 Å². The molecule has 0 aliphatic rings. The summed E-state index contributed by atoms with van der Waals surface area (Å²) in [4.78, 5) is 4.55. The molecule has 0 aliphatic carbocycles. The van der Waals surface area contributed by atoms with Crippen LogP contribution in [0.3, 0.4) is 0 Å². The number of pyridine rings is 1. The molecule has 3 heterocycles. The highest BCUT2D eigenvalue weighted by molar-refractivity contribution is 5.70. The van der Waals surface area contributed by atoms with Gasteiger partial charge in [0.25, 0.3) is 0 Å². The van der Waals surface area contributed by atoms with Gasteiger partial charge >= 0.3 is 0 Å². The Morgan fingerprint density at radius 1 is 0.710 bits per heavy atom. The second kappa shape index (κ2) is 7.69. The Labute approximate surface area is 183 Å². The van der Waals surface area contributed by atoms with Crippen LogP contribution in [0.4, 0.5) is 0 Å². The number of aromatic nitrogens is 5. The van der Waals surface area contributed by atoms with E-state index in [0.29, 0.717) is 0 Å². The summed E-state index contributed by atoms with van der Waals surface area (Å²) in [5, 5.41) is 8.90. The van der Waals surface area contributed by atoms with Crippen LogP contribution in [0.15, 0.2) is 67.4 Å². The van der Waals surface area contributed by atoms with E-state index in [9.17, 15) is 0 Å². The standard InChI is InChI=1S/C25H29N5O/c1-24(2,3)29-16-20(14-27-29)23-13-19(10-11-26-23)18-8-7-9-21(12-18)31-22-15-28-30(17-22)25(4,5)6/h7-17H,1-6H3. The fourth-order valence-electron chi connectivity index (χ4n) is 3.19. The van der Waals surface area contributed by atoms with E-state index < -0.39 is 0 Å². The van der Waals surface area contributed by atoms with Gasteiger partial charge in [-0.15, -0.1) is 0 Å². The molecule has 0 atom stereocenters. The van der Waals surface area contributed by atoms with E-state index >= 15 is 0 Å². The Hall–Kier alpha value is -3.41. The highest BCUT2D eigenvalue weighted by Crippen LogP contribution is 2.30. The first-order valence-electron chi connectivity index (χ1n) is 10.4. The molecule has 0 unspecified atom stereocenters. The molecular weight excluding hydrogens is 386 g/mol. The zero-order valence-corrected chi connectivity index (χ0v) is 19.0. The third kappa shape index (κ3) is 4.68. The number of hydrogen-bond donors (Lipinski definition) is 0. The van der Waals surface area contributed by atoms with Gasteiger partial charge in [-0.25, -0.2) is 0 Å². The molecule has 0 N–H and O–H groups in total. The van der Waals surface area contributed by atoms with Crippen molar-refractivity contribution in [3.63, 3.8) is 0 Å². The van der Waals surface area contributed by atoms with Gasteiger partial charge in [0.2, 0.25) is 0 Å². The summed E-state index contributed by atoms with van der Waals surface area (Å²) in [6.07, 6.45) is 9.40. The van der Waals surface area contributed by atoms with E-state index in [1.165, 1.54) is 0 Å². The van der Waals surface area contributed by atoms with Gasteiger partial charge in [-0.3, -0.25) is 14.3 Å². The number of hydrogen-bond acceptors (Lipinski definition) is 4. The lowest BCUT2D eigenvalue weighted by Gasteiger charge is -2.18. The van der Waals surface area contributed by atoms with Crippen molar-refractivity contribution in [2.45, 2.75) is 52.6 Å². The Bertz CT molecular complexity index is 1190. The summed E-state index contributed by atoms with van der Waals surface area (Å²) in [5.41, 5.74) is 3.88. The van der Waals surface area contributed by atoms with Crippen LogP contribution in [-0.4, -0.2) is 24.5 Å². The minimum atomic E-state index is -0.0856. The van der Waals surface area contributed by atoms with Crippen LogP contribution >= 0.6 is 0 Å². The van der Waals surface area contributed by atoms with Crippen molar-refractivity contribution in [3.05, 3.63) is 67.4 Å². The van der Waals surface area contributed by atoms with E-state index in [0.717, 1.165) is 33.9 Å². The molecule has 31 heavy (non-hydrogen) atoms. The first-order valence-corrected chi connectivity index (χ1v) is 10.4. The van der Waals surface area contributed by atoms with Gasteiger partial charge in [-0.05, 0) is 76.9 Å². The van der Waals surface area contributed by atoms with Crippen LogP contribution in [0, 0.1) is 0 Å². The fraction of sp³-hybridized carbons (Fsp3) is 0.320. The van der Waals surface area contributed by atoms with E-state index in [-0.39, 0.29) is 11.1 Å². The van der Waals surface area contributed by atoms with Gasteiger partial charge in [0, 0.05) is 18.0 Å². The van der Waals surface area contributed by atoms with Crippen LogP contribution < -0.4 is 4.74 Å². The highest BCUT2D eigenvalue weighted by atomic mass is 16.5.